The number of likely N-dealkylation sites (tertiary alicyclic amines) is 1. The largest absolute Gasteiger partial charge is 0.325 e. The molecule has 1 atom stereocenters. The number of hydrogen-bond acceptors (Lipinski definition) is 4. The van der Waals surface area contributed by atoms with Gasteiger partial charge in [-0.1, -0.05) is 12.6 Å². The monoisotopic (exact) mass is 325 g/mol. The lowest BCUT2D eigenvalue weighted by Crippen LogP contribution is -2.52. The number of nitrogens with one attached hydrogen (secondary N) is 1. The lowest BCUT2D eigenvalue weighted by molar-refractivity contribution is -0.138. The van der Waals surface area contributed by atoms with Crippen LogP contribution in [0.1, 0.15) is 19.8 Å². The Bertz CT molecular complexity index is 771. The number of nitrogens with zero attached hydrogens (tertiary/aromatic N) is 4. The molecule has 2 aromatic rings. The Morgan fingerprint density at radius 3 is 2.96 bits per heavy atom. The summed E-state index contributed by atoms with van der Waals surface area (Å²) < 4.78 is 1.61. The molecule has 1 saturated heterocycles. The molecule has 0 saturated carbocycles. The first-order chi connectivity index (χ1) is 11.5. The van der Waals surface area contributed by atoms with Crippen molar-refractivity contribution < 1.29 is 9.59 Å². The lowest BCUT2D eigenvalue weighted by Gasteiger charge is -2.33. The van der Waals surface area contributed by atoms with Gasteiger partial charge < -0.3 is 10.2 Å². The van der Waals surface area contributed by atoms with E-state index in [1.807, 2.05) is 18.2 Å². The normalized spacial score (nSPS) is 20.0. The van der Waals surface area contributed by atoms with Crippen LogP contribution in [-0.4, -0.2) is 43.6 Å². The molecular weight excluding hydrogens is 306 g/mol. The number of hydrogen-bond donors (Lipinski definition) is 1. The molecule has 0 radical (unpaired) electrons. The van der Waals surface area contributed by atoms with Gasteiger partial charge in [-0.05, 0) is 44.0 Å². The van der Waals surface area contributed by atoms with Gasteiger partial charge >= 0.3 is 0 Å². The van der Waals surface area contributed by atoms with Crippen LogP contribution in [-0.2, 0) is 9.59 Å². The van der Waals surface area contributed by atoms with Crippen molar-refractivity contribution in [2.45, 2.75) is 25.3 Å². The van der Waals surface area contributed by atoms with Crippen LogP contribution in [0.4, 0.5) is 5.69 Å². The fraction of sp³-hybridized carbons (Fsp3) is 0.294. The average Bonchev–Trinajstić information content (AvgIpc) is 3.24. The quantitative estimate of drug-likeness (QED) is 0.869. The summed E-state index contributed by atoms with van der Waals surface area (Å²) in [5, 5.41) is 6.98. The molecule has 1 fully saturated rings. The Morgan fingerprint density at radius 2 is 2.25 bits per heavy atom. The molecule has 0 unspecified atom stereocenters. The van der Waals surface area contributed by atoms with E-state index in [2.05, 4.69) is 22.0 Å². The third-order valence-corrected chi connectivity index (χ3v) is 4.36. The predicted molar refractivity (Wildman–Crippen MR) is 89.5 cm³/mol. The fourth-order valence-electron chi connectivity index (χ4n) is 3.00. The standard InChI is InChI=1S/C17H19N5O2/c1-3-15(23)21-9-5-8-17(21,2)16(24)20-13-6-4-7-14(10-13)22-12-18-11-19-22/h3-4,6-7,10-12H,1,5,8-9H2,2H3,(H,20,24)/t17-/m1/s1. The molecule has 3 rings (SSSR count). The number of anilines is 1. The van der Waals surface area contributed by atoms with E-state index in [-0.39, 0.29) is 11.8 Å². The Balaban J connectivity index is 1.81. The molecule has 1 N–H and O–H groups in total. The van der Waals surface area contributed by atoms with Gasteiger partial charge in [0, 0.05) is 12.2 Å². The van der Waals surface area contributed by atoms with Crippen molar-refractivity contribution in [2.75, 3.05) is 11.9 Å². The maximum Gasteiger partial charge on any atom is 0.250 e. The van der Waals surface area contributed by atoms with E-state index in [9.17, 15) is 9.59 Å². The van der Waals surface area contributed by atoms with Crippen LogP contribution in [0.15, 0.2) is 49.6 Å². The summed E-state index contributed by atoms with van der Waals surface area (Å²) in [4.78, 5) is 30.3. The van der Waals surface area contributed by atoms with Crippen molar-refractivity contribution in [2.24, 2.45) is 0 Å². The number of aromatic nitrogens is 3. The summed E-state index contributed by atoms with van der Waals surface area (Å²) in [5.41, 5.74) is 0.571. The van der Waals surface area contributed by atoms with Gasteiger partial charge in [0.15, 0.2) is 0 Å². The summed E-state index contributed by atoms with van der Waals surface area (Å²) in [6, 6.07) is 7.31. The van der Waals surface area contributed by atoms with E-state index in [0.717, 1.165) is 12.1 Å². The smallest absolute Gasteiger partial charge is 0.250 e. The maximum atomic E-state index is 12.8. The minimum atomic E-state index is -0.867. The molecular formula is C17H19N5O2. The molecule has 7 nitrogen and oxygen atoms in total. The molecule has 1 aromatic carbocycles. The fourth-order valence-corrected chi connectivity index (χ4v) is 3.00. The van der Waals surface area contributed by atoms with Crippen LogP contribution in [0.3, 0.4) is 0 Å². The van der Waals surface area contributed by atoms with E-state index >= 15 is 0 Å². The number of amides is 2. The second kappa shape index (κ2) is 6.27. The molecule has 7 heteroatoms. The minimum absolute atomic E-state index is 0.203. The van der Waals surface area contributed by atoms with Gasteiger partial charge in [0.1, 0.15) is 18.2 Å². The van der Waals surface area contributed by atoms with Crippen molar-refractivity contribution in [3.8, 4) is 5.69 Å². The third kappa shape index (κ3) is 2.80. The first-order valence-electron chi connectivity index (χ1n) is 7.75. The second-order valence-corrected chi connectivity index (χ2v) is 5.92. The molecule has 2 amide bonds. The molecule has 1 aromatic heterocycles. The predicted octanol–water partition coefficient (Wildman–Crippen LogP) is 1.77. The first-order valence-corrected chi connectivity index (χ1v) is 7.75. The van der Waals surface area contributed by atoms with Crippen molar-refractivity contribution >= 4 is 17.5 Å². The molecule has 0 aliphatic carbocycles. The van der Waals surface area contributed by atoms with Gasteiger partial charge in [0.2, 0.25) is 11.8 Å². The summed E-state index contributed by atoms with van der Waals surface area (Å²) in [7, 11) is 0. The van der Waals surface area contributed by atoms with Crippen LogP contribution in [0, 0.1) is 0 Å². The summed E-state index contributed by atoms with van der Waals surface area (Å²) in [5.74, 6) is -0.424. The Labute approximate surface area is 140 Å². The van der Waals surface area contributed by atoms with Gasteiger partial charge in [-0.2, -0.15) is 5.10 Å². The molecule has 24 heavy (non-hydrogen) atoms. The van der Waals surface area contributed by atoms with Gasteiger partial charge in [0.05, 0.1) is 5.69 Å². The summed E-state index contributed by atoms with van der Waals surface area (Å²) >= 11 is 0. The number of benzene rings is 1. The topological polar surface area (TPSA) is 80.1 Å². The average molecular weight is 325 g/mol. The number of carbonyl (C=O) groups is 2. The van der Waals surface area contributed by atoms with E-state index in [4.69, 9.17) is 0 Å². The summed E-state index contributed by atoms with van der Waals surface area (Å²) in [6.07, 6.45) is 5.71. The first kappa shape index (κ1) is 15.9. The Kier molecular flexibility index (Phi) is 4.16. The Hall–Kier alpha value is -2.96. The van der Waals surface area contributed by atoms with E-state index in [1.54, 1.807) is 28.9 Å². The molecule has 1 aliphatic rings. The van der Waals surface area contributed by atoms with E-state index in [1.165, 1.54) is 12.4 Å². The molecule has 0 spiro atoms. The van der Waals surface area contributed by atoms with Gasteiger partial charge in [-0.25, -0.2) is 9.67 Å². The third-order valence-electron chi connectivity index (χ3n) is 4.36. The SMILES string of the molecule is C=CC(=O)N1CCC[C@]1(C)C(=O)Nc1cccc(-n2cncn2)c1. The molecule has 1 aliphatic heterocycles. The van der Waals surface area contributed by atoms with Gasteiger partial charge in [0.25, 0.3) is 0 Å². The highest BCUT2D eigenvalue weighted by Crippen LogP contribution is 2.30. The zero-order chi connectivity index (χ0) is 17.2. The Morgan fingerprint density at radius 1 is 1.42 bits per heavy atom. The summed E-state index contributed by atoms with van der Waals surface area (Å²) in [6.45, 7) is 5.87. The van der Waals surface area contributed by atoms with Crippen molar-refractivity contribution in [3.05, 3.63) is 49.6 Å². The van der Waals surface area contributed by atoms with Crippen LogP contribution in [0.25, 0.3) is 5.69 Å². The van der Waals surface area contributed by atoms with E-state index in [0.29, 0.717) is 18.7 Å². The van der Waals surface area contributed by atoms with Gasteiger partial charge in [-0.15, -0.1) is 0 Å². The van der Waals surface area contributed by atoms with Crippen LogP contribution in [0.2, 0.25) is 0 Å². The van der Waals surface area contributed by atoms with Crippen LogP contribution < -0.4 is 5.32 Å². The number of rotatable bonds is 4. The highest BCUT2D eigenvalue weighted by molar-refractivity contribution is 6.02. The van der Waals surface area contributed by atoms with Crippen molar-refractivity contribution in [1.82, 2.24) is 19.7 Å². The highest BCUT2D eigenvalue weighted by atomic mass is 16.2. The number of carbonyl (C=O) groups excluding carboxylic acids is 2. The minimum Gasteiger partial charge on any atom is -0.325 e. The lowest BCUT2D eigenvalue weighted by atomic mass is 9.97. The van der Waals surface area contributed by atoms with E-state index < -0.39 is 5.54 Å². The zero-order valence-electron chi connectivity index (χ0n) is 13.5. The highest BCUT2D eigenvalue weighted by Gasteiger charge is 2.44. The molecule has 0 bridgehead atoms. The van der Waals surface area contributed by atoms with Crippen LogP contribution >= 0.6 is 0 Å². The van der Waals surface area contributed by atoms with Crippen molar-refractivity contribution in [3.63, 3.8) is 0 Å². The van der Waals surface area contributed by atoms with Crippen LogP contribution in [0.5, 0.6) is 0 Å². The van der Waals surface area contributed by atoms with Crippen molar-refractivity contribution in [1.29, 1.82) is 0 Å². The zero-order valence-corrected chi connectivity index (χ0v) is 13.5. The van der Waals surface area contributed by atoms with Gasteiger partial charge in [-0.3, -0.25) is 9.59 Å². The molecule has 2 heterocycles. The second-order valence-electron chi connectivity index (χ2n) is 5.92. The molecule has 124 valence electrons. The maximum absolute atomic E-state index is 12.8.